The predicted octanol–water partition coefficient (Wildman–Crippen LogP) is 0.292. The Labute approximate surface area is 115 Å². The SMILES string of the molecule is Nc1cc(Cl)ccc1NC(=O)CN1CCNC(=O)C1. The number of amides is 2. The second-order valence-corrected chi connectivity index (χ2v) is 4.78. The average Bonchev–Trinajstić information content (AvgIpc) is 2.33. The number of benzene rings is 1. The van der Waals surface area contributed by atoms with E-state index < -0.39 is 0 Å². The Morgan fingerprint density at radius 3 is 3.00 bits per heavy atom. The number of hydrogen-bond acceptors (Lipinski definition) is 4. The third-order valence-corrected chi connectivity index (χ3v) is 3.01. The summed E-state index contributed by atoms with van der Waals surface area (Å²) in [6.07, 6.45) is 0. The first kappa shape index (κ1) is 13.6. The molecule has 0 spiro atoms. The molecule has 0 bridgehead atoms. The molecule has 2 amide bonds. The van der Waals surface area contributed by atoms with Crippen molar-refractivity contribution in [2.24, 2.45) is 0 Å². The quantitative estimate of drug-likeness (QED) is 0.696. The van der Waals surface area contributed by atoms with Gasteiger partial charge in [0.1, 0.15) is 0 Å². The molecular weight excluding hydrogens is 268 g/mol. The van der Waals surface area contributed by atoms with E-state index in [2.05, 4.69) is 10.6 Å². The molecule has 1 heterocycles. The standard InChI is InChI=1S/C12H15ClN4O2/c13-8-1-2-10(9(14)5-8)16-12(19)7-17-4-3-15-11(18)6-17/h1-2,5H,3-4,6-7,14H2,(H,15,18)(H,16,19). The summed E-state index contributed by atoms with van der Waals surface area (Å²) in [6, 6.07) is 4.88. The lowest BCUT2D eigenvalue weighted by Crippen LogP contribution is -2.49. The third kappa shape index (κ3) is 3.84. The number of halogens is 1. The Morgan fingerprint density at radius 2 is 2.32 bits per heavy atom. The van der Waals surface area contributed by atoms with E-state index in [-0.39, 0.29) is 24.9 Å². The van der Waals surface area contributed by atoms with Gasteiger partial charge in [0.25, 0.3) is 0 Å². The fourth-order valence-corrected chi connectivity index (χ4v) is 2.05. The summed E-state index contributed by atoms with van der Waals surface area (Å²) in [5.74, 6) is -0.270. The fraction of sp³-hybridized carbons (Fsp3) is 0.333. The summed E-state index contributed by atoms with van der Waals surface area (Å²) in [6.45, 7) is 1.63. The molecule has 4 N–H and O–H groups in total. The topological polar surface area (TPSA) is 87.5 Å². The molecule has 1 saturated heterocycles. The number of nitrogens with one attached hydrogen (secondary N) is 2. The van der Waals surface area contributed by atoms with Crippen molar-refractivity contribution in [2.45, 2.75) is 0 Å². The normalized spacial score (nSPS) is 15.9. The minimum atomic E-state index is -0.205. The van der Waals surface area contributed by atoms with E-state index in [9.17, 15) is 9.59 Å². The van der Waals surface area contributed by atoms with E-state index in [1.165, 1.54) is 0 Å². The van der Waals surface area contributed by atoms with Crippen molar-refractivity contribution in [3.63, 3.8) is 0 Å². The molecule has 6 nitrogen and oxygen atoms in total. The number of anilines is 2. The predicted molar refractivity (Wildman–Crippen MR) is 73.9 cm³/mol. The lowest BCUT2D eigenvalue weighted by molar-refractivity contribution is -0.125. The van der Waals surface area contributed by atoms with Crippen LogP contribution in [0.2, 0.25) is 5.02 Å². The van der Waals surface area contributed by atoms with Crippen LogP contribution in [0.1, 0.15) is 0 Å². The number of nitrogens with zero attached hydrogens (tertiary/aromatic N) is 1. The molecule has 2 rings (SSSR count). The van der Waals surface area contributed by atoms with Gasteiger partial charge in [-0.25, -0.2) is 0 Å². The molecule has 7 heteroatoms. The van der Waals surface area contributed by atoms with Crippen molar-refractivity contribution < 1.29 is 9.59 Å². The highest BCUT2D eigenvalue weighted by atomic mass is 35.5. The third-order valence-electron chi connectivity index (χ3n) is 2.77. The number of hydrogen-bond donors (Lipinski definition) is 3. The Balaban J connectivity index is 1.92. The number of nitrogen functional groups attached to an aromatic ring is 1. The molecule has 0 radical (unpaired) electrons. The van der Waals surface area contributed by atoms with Gasteiger partial charge >= 0.3 is 0 Å². The average molecular weight is 283 g/mol. The van der Waals surface area contributed by atoms with Crippen molar-refractivity contribution in [2.75, 3.05) is 37.2 Å². The molecule has 0 saturated carbocycles. The Hall–Kier alpha value is -1.79. The van der Waals surface area contributed by atoms with Crippen LogP contribution >= 0.6 is 11.6 Å². The molecule has 0 aliphatic carbocycles. The van der Waals surface area contributed by atoms with Crippen LogP contribution in [0.3, 0.4) is 0 Å². The van der Waals surface area contributed by atoms with E-state index in [1.807, 2.05) is 0 Å². The summed E-state index contributed by atoms with van der Waals surface area (Å²) in [5, 5.41) is 5.92. The van der Waals surface area contributed by atoms with Crippen LogP contribution in [0.15, 0.2) is 18.2 Å². The van der Waals surface area contributed by atoms with Crippen molar-refractivity contribution >= 4 is 34.8 Å². The molecule has 1 aromatic rings. The largest absolute Gasteiger partial charge is 0.397 e. The molecule has 1 aliphatic heterocycles. The summed E-state index contributed by atoms with van der Waals surface area (Å²) < 4.78 is 0. The van der Waals surface area contributed by atoms with Crippen LogP contribution in [0.5, 0.6) is 0 Å². The first-order chi connectivity index (χ1) is 9.04. The van der Waals surface area contributed by atoms with Gasteiger partial charge in [-0.05, 0) is 18.2 Å². The lowest BCUT2D eigenvalue weighted by atomic mass is 10.2. The maximum atomic E-state index is 11.9. The zero-order valence-electron chi connectivity index (χ0n) is 10.3. The summed E-state index contributed by atoms with van der Waals surface area (Å²) in [7, 11) is 0. The molecule has 0 atom stereocenters. The lowest BCUT2D eigenvalue weighted by Gasteiger charge is -2.25. The molecule has 0 aromatic heterocycles. The minimum absolute atomic E-state index is 0.0648. The zero-order valence-corrected chi connectivity index (χ0v) is 11.0. The Bertz CT molecular complexity index is 507. The summed E-state index contributed by atoms with van der Waals surface area (Å²) in [4.78, 5) is 24.8. The van der Waals surface area contributed by atoms with Crippen LogP contribution in [0, 0.1) is 0 Å². The van der Waals surface area contributed by atoms with Crippen molar-refractivity contribution in [3.05, 3.63) is 23.2 Å². The van der Waals surface area contributed by atoms with Crippen molar-refractivity contribution in [1.82, 2.24) is 10.2 Å². The zero-order chi connectivity index (χ0) is 13.8. The highest BCUT2D eigenvalue weighted by molar-refractivity contribution is 6.31. The molecule has 0 unspecified atom stereocenters. The summed E-state index contributed by atoms with van der Waals surface area (Å²) >= 11 is 5.78. The van der Waals surface area contributed by atoms with Crippen molar-refractivity contribution in [3.8, 4) is 0 Å². The van der Waals surface area contributed by atoms with Crippen molar-refractivity contribution in [1.29, 1.82) is 0 Å². The van der Waals surface area contributed by atoms with E-state index in [0.717, 1.165) is 0 Å². The van der Waals surface area contributed by atoms with E-state index in [4.69, 9.17) is 17.3 Å². The first-order valence-electron chi connectivity index (χ1n) is 5.88. The number of rotatable bonds is 3. The van der Waals surface area contributed by atoms with Gasteiger partial charge in [0.2, 0.25) is 11.8 Å². The van der Waals surface area contributed by atoms with Gasteiger partial charge in [-0.2, -0.15) is 0 Å². The number of carbonyl (C=O) groups excluding carboxylic acids is 2. The second kappa shape index (κ2) is 5.90. The summed E-state index contributed by atoms with van der Waals surface area (Å²) in [5.41, 5.74) is 6.69. The maximum Gasteiger partial charge on any atom is 0.238 e. The Kier molecular flexibility index (Phi) is 4.24. The van der Waals surface area contributed by atoms with Crippen LogP contribution in [0.25, 0.3) is 0 Å². The van der Waals surface area contributed by atoms with Gasteiger partial charge in [0.05, 0.1) is 24.5 Å². The van der Waals surface area contributed by atoms with E-state index in [1.54, 1.807) is 23.1 Å². The molecule has 1 aliphatic rings. The van der Waals surface area contributed by atoms with Gasteiger partial charge in [0.15, 0.2) is 0 Å². The van der Waals surface area contributed by atoms with Gasteiger partial charge in [-0.3, -0.25) is 14.5 Å². The minimum Gasteiger partial charge on any atom is -0.397 e. The van der Waals surface area contributed by atoms with Gasteiger partial charge in [-0.1, -0.05) is 11.6 Å². The van der Waals surface area contributed by atoms with Gasteiger partial charge in [0, 0.05) is 18.1 Å². The van der Waals surface area contributed by atoms with Crippen LogP contribution in [-0.4, -0.2) is 42.9 Å². The number of nitrogens with two attached hydrogens (primary N) is 1. The molecular formula is C12H15ClN4O2. The number of carbonyl (C=O) groups is 2. The fourth-order valence-electron chi connectivity index (χ4n) is 1.87. The molecule has 19 heavy (non-hydrogen) atoms. The Morgan fingerprint density at radius 1 is 1.53 bits per heavy atom. The molecule has 1 fully saturated rings. The highest BCUT2D eigenvalue weighted by Crippen LogP contribution is 2.22. The molecule has 102 valence electrons. The van der Waals surface area contributed by atoms with Gasteiger partial charge < -0.3 is 16.4 Å². The highest BCUT2D eigenvalue weighted by Gasteiger charge is 2.18. The molecule has 1 aromatic carbocycles. The second-order valence-electron chi connectivity index (χ2n) is 4.34. The van der Waals surface area contributed by atoms with Gasteiger partial charge in [-0.15, -0.1) is 0 Å². The van der Waals surface area contributed by atoms with Crippen LogP contribution < -0.4 is 16.4 Å². The maximum absolute atomic E-state index is 11.9. The number of piperazine rings is 1. The van der Waals surface area contributed by atoms with Crippen LogP contribution in [0.4, 0.5) is 11.4 Å². The van der Waals surface area contributed by atoms with E-state index >= 15 is 0 Å². The first-order valence-corrected chi connectivity index (χ1v) is 6.26. The van der Waals surface area contributed by atoms with Crippen LogP contribution in [-0.2, 0) is 9.59 Å². The monoisotopic (exact) mass is 282 g/mol. The van der Waals surface area contributed by atoms with E-state index in [0.29, 0.717) is 29.5 Å². The smallest absolute Gasteiger partial charge is 0.238 e.